The molecule has 1 saturated heterocycles. The molecular formula is C15H28N3O7PSiV. The molecule has 13 heteroatoms. The zero-order valence-electron chi connectivity index (χ0n) is 16.1. The molecule has 159 valence electrons. The predicted octanol–water partition coefficient (Wildman–Crippen LogP) is 1.93. The molecule has 0 aromatic heterocycles. The summed E-state index contributed by atoms with van der Waals surface area (Å²) < 4.78 is 43.6. The van der Waals surface area contributed by atoms with Crippen LogP contribution in [0.25, 0.3) is 0 Å². The van der Waals surface area contributed by atoms with Crippen molar-refractivity contribution in [3.05, 3.63) is 0 Å². The molecule has 0 amide bonds. The van der Waals surface area contributed by atoms with Gasteiger partial charge in [-0.1, -0.05) is 0 Å². The third-order valence-electron chi connectivity index (χ3n) is 3.58. The molecule has 0 spiro atoms. The van der Waals surface area contributed by atoms with Crippen LogP contribution in [0.5, 0.6) is 0 Å². The van der Waals surface area contributed by atoms with Gasteiger partial charge in [0.05, 0.1) is 0 Å². The molecule has 1 N–H and O–H groups in total. The van der Waals surface area contributed by atoms with Crippen LogP contribution in [0, 0.1) is 11.3 Å². The Morgan fingerprint density at radius 2 is 2.21 bits per heavy atom. The SMILES string of the molecule is CCO[Si]CCCNCCOP(=O)(OCCC#N)OC1CCOC1CO[N]=[V]. The monoisotopic (exact) mass is 472 g/mol. The van der Waals surface area contributed by atoms with Crippen LogP contribution in [-0.4, -0.2) is 68.1 Å². The zero-order valence-corrected chi connectivity index (χ0v) is 19.4. The number of phosphoric acid groups is 1. The number of hydrogen-bond acceptors (Lipinski definition) is 10. The van der Waals surface area contributed by atoms with Gasteiger partial charge in [-0.2, -0.15) is 0 Å². The third kappa shape index (κ3) is 11.9. The number of phosphoric ester groups is 1. The molecule has 1 aliphatic rings. The van der Waals surface area contributed by atoms with Crippen molar-refractivity contribution >= 4 is 17.6 Å². The van der Waals surface area contributed by atoms with E-state index in [9.17, 15) is 4.57 Å². The molecule has 10 nitrogen and oxygen atoms in total. The van der Waals surface area contributed by atoms with E-state index >= 15 is 0 Å². The van der Waals surface area contributed by atoms with Gasteiger partial charge in [0.15, 0.2) is 0 Å². The molecule has 0 aliphatic carbocycles. The van der Waals surface area contributed by atoms with Gasteiger partial charge < -0.3 is 4.43 Å². The molecule has 2 radical (unpaired) electrons. The first-order valence-electron chi connectivity index (χ1n) is 9.23. The van der Waals surface area contributed by atoms with Gasteiger partial charge >= 0.3 is 138 Å². The molecular weight excluding hydrogens is 444 g/mol. The van der Waals surface area contributed by atoms with Gasteiger partial charge in [-0.05, 0) is 19.4 Å². The molecule has 1 heterocycles. The fourth-order valence-corrected chi connectivity index (χ4v) is 4.47. The van der Waals surface area contributed by atoms with Gasteiger partial charge in [-0.25, -0.2) is 0 Å². The first-order valence-corrected chi connectivity index (χ1v) is 12.4. The molecule has 1 fully saturated rings. The second-order valence-electron chi connectivity index (χ2n) is 5.67. The summed E-state index contributed by atoms with van der Waals surface area (Å²) in [7, 11) is -3.30. The number of nitrogens with zero attached hydrogens (tertiary/aromatic N) is 2. The van der Waals surface area contributed by atoms with Crippen molar-refractivity contribution in [2.24, 2.45) is 3.95 Å². The van der Waals surface area contributed by atoms with E-state index in [-0.39, 0.29) is 26.2 Å². The second kappa shape index (κ2) is 16.8. The third-order valence-corrected chi connectivity index (χ3v) is 6.34. The Bertz CT molecular complexity index is 515. The molecule has 1 aliphatic heterocycles. The van der Waals surface area contributed by atoms with Gasteiger partial charge in [0.2, 0.25) is 9.76 Å². The van der Waals surface area contributed by atoms with Crippen LogP contribution in [0.1, 0.15) is 26.2 Å². The van der Waals surface area contributed by atoms with Crippen LogP contribution < -0.4 is 5.32 Å². The first kappa shape index (κ1) is 26.1. The van der Waals surface area contributed by atoms with Gasteiger partial charge in [0.25, 0.3) is 0 Å². The summed E-state index contributed by atoms with van der Waals surface area (Å²) in [5.74, 6) is 0. The van der Waals surface area contributed by atoms with E-state index in [1.807, 2.05) is 30.2 Å². The number of nitrogens with one attached hydrogen (secondary N) is 1. The summed E-state index contributed by atoms with van der Waals surface area (Å²) in [4.78, 5) is 4.98. The Morgan fingerprint density at radius 3 is 2.96 bits per heavy atom. The number of rotatable bonds is 18. The van der Waals surface area contributed by atoms with Crippen molar-refractivity contribution in [2.45, 2.75) is 44.4 Å². The van der Waals surface area contributed by atoms with Gasteiger partial charge in [-0.15, -0.1) is 0 Å². The summed E-state index contributed by atoms with van der Waals surface area (Å²) >= 11 is 1.95. The normalized spacial score (nSPS) is 21.2. The Hall–Kier alpha value is 0.0413. The van der Waals surface area contributed by atoms with E-state index in [2.05, 4.69) is 9.27 Å². The standard InChI is InChI=1S/C15H28N3O7PSi.V/c1-2-24-27-12-4-7-18-8-11-23-26(19,22-9-3-6-16)25-14-5-10-20-15(14)13-21-17;/h14-15,18H,2-5,7-13H2,1H3;. The maximum absolute atomic E-state index is 12.9. The van der Waals surface area contributed by atoms with E-state index in [4.69, 9.17) is 32.8 Å². The van der Waals surface area contributed by atoms with Crippen LogP contribution in [0.15, 0.2) is 3.95 Å². The van der Waals surface area contributed by atoms with Crippen molar-refractivity contribution in [3.8, 4) is 6.07 Å². The predicted molar refractivity (Wildman–Crippen MR) is 97.0 cm³/mol. The summed E-state index contributed by atoms with van der Waals surface area (Å²) in [6.07, 6.45) is 0.729. The fraction of sp³-hybridized carbons (Fsp3) is 0.933. The Balaban J connectivity index is 2.38. The van der Waals surface area contributed by atoms with E-state index in [1.165, 1.54) is 0 Å². The van der Waals surface area contributed by atoms with Crippen LogP contribution in [0.2, 0.25) is 6.04 Å². The summed E-state index contributed by atoms with van der Waals surface area (Å²) in [5, 5.41) is 11.9. The Morgan fingerprint density at radius 1 is 1.39 bits per heavy atom. The molecule has 28 heavy (non-hydrogen) atoms. The van der Waals surface area contributed by atoms with Gasteiger partial charge in [0.1, 0.15) is 0 Å². The quantitative estimate of drug-likeness (QED) is 0.138. The van der Waals surface area contributed by atoms with Crippen molar-refractivity contribution in [1.82, 2.24) is 5.32 Å². The second-order valence-corrected chi connectivity index (χ2v) is 8.63. The summed E-state index contributed by atoms with van der Waals surface area (Å²) in [5.41, 5.74) is 0. The number of nitriles is 1. The zero-order chi connectivity index (χ0) is 20.5. The van der Waals surface area contributed by atoms with E-state index in [0.717, 1.165) is 25.6 Å². The Labute approximate surface area is 178 Å². The van der Waals surface area contributed by atoms with Crippen molar-refractivity contribution in [3.63, 3.8) is 0 Å². The number of hydrogen-bond donors (Lipinski definition) is 1. The Kier molecular flexibility index (Phi) is 15.6. The van der Waals surface area contributed by atoms with E-state index in [1.54, 1.807) is 0 Å². The van der Waals surface area contributed by atoms with Crippen molar-refractivity contribution < 1.29 is 49.4 Å². The van der Waals surface area contributed by atoms with Crippen LogP contribution in [0.4, 0.5) is 0 Å². The van der Waals surface area contributed by atoms with Gasteiger partial charge in [-0.3, -0.25) is 0 Å². The van der Waals surface area contributed by atoms with E-state index < -0.39 is 20.0 Å². The summed E-state index contributed by atoms with van der Waals surface area (Å²) in [6, 6.07) is 2.95. The fourth-order valence-electron chi connectivity index (χ4n) is 2.29. The van der Waals surface area contributed by atoms with Crippen molar-refractivity contribution in [1.29, 1.82) is 5.26 Å². The average molecular weight is 472 g/mol. The van der Waals surface area contributed by atoms with Crippen LogP contribution >= 0.6 is 7.82 Å². The summed E-state index contributed by atoms with van der Waals surface area (Å²) in [6.45, 7) is 4.82. The molecule has 3 atom stereocenters. The topological polar surface area (TPSA) is 121 Å². The average Bonchev–Trinajstić information content (AvgIpc) is 3.12. The van der Waals surface area contributed by atoms with Crippen LogP contribution in [-0.2, 0) is 49.4 Å². The van der Waals surface area contributed by atoms with Crippen LogP contribution in [0.3, 0.4) is 0 Å². The minimum atomic E-state index is -3.82. The molecule has 1 rings (SSSR count). The molecule has 3 unspecified atom stereocenters. The molecule has 0 saturated carbocycles. The van der Waals surface area contributed by atoms with Gasteiger partial charge in [0, 0.05) is 6.61 Å². The molecule has 0 bridgehead atoms. The van der Waals surface area contributed by atoms with E-state index in [0.29, 0.717) is 29.3 Å². The number of ether oxygens (including phenoxy) is 1. The molecule has 0 aromatic carbocycles. The maximum atomic E-state index is 12.9. The minimum absolute atomic E-state index is 0.0317. The van der Waals surface area contributed by atoms with Crippen molar-refractivity contribution in [2.75, 3.05) is 46.1 Å². The first-order chi connectivity index (χ1) is 13.6. The molecule has 0 aromatic rings.